The number of carbonyl (C=O) groups is 1. The minimum absolute atomic E-state index is 0.218. The highest BCUT2D eigenvalue weighted by atomic mass is 19.1. The quantitative estimate of drug-likeness (QED) is 0.201. The van der Waals surface area contributed by atoms with E-state index in [9.17, 15) is 9.18 Å². The van der Waals surface area contributed by atoms with Gasteiger partial charge < -0.3 is 15.0 Å². The molecule has 7 aromatic rings. The Bertz CT molecular complexity index is 2100. The van der Waals surface area contributed by atoms with Crippen molar-refractivity contribution in [3.05, 3.63) is 115 Å². The number of nitrogens with one attached hydrogen (secondary N) is 3. The summed E-state index contributed by atoms with van der Waals surface area (Å²) >= 11 is 0. The average Bonchev–Trinajstić information content (AvgIpc) is 3.65. The van der Waals surface area contributed by atoms with E-state index in [1.54, 1.807) is 30.7 Å². The molecule has 8 nitrogen and oxygen atoms in total. The number of pyridine rings is 2. The van der Waals surface area contributed by atoms with Gasteiger partial charge in [-0.3, -0.25) is 19.9 Å². The second-order valence-electron chi connectivity index (χ2n) is 9.80. The summed E-state index contributed by atoms with van der Waals surface area (Å²) in [6.45, 7) is 0. The van der Waals surface area contributed by atoms with E-state index in [1.807, 2.05) is 60.7 Å². The number of anilines is 1. The van der Waals surface area contributed by atoms with Gasteiger partial charge in [0, 0.05) is 39.7 Å². The highest BCUT2D eigenvalue weighted by Gasteiger charge is 2.16. The lowest BCUT2D eigenvalue weighted by Crippen LogP contribution is -2.11. The van der Waals surface area contributed by atoms with Gasteiger partial charge in [0.05, 0.1) is 42.1 Å². The molecule has 42 heavy (non-hydrogen) atoms. The Morgan fingerprint density at radius 2 is 1.74 bits per heavy atom. The van der Waals surface area contributed by atoms with Gasteiger partial charge in [-0.15, -0.1) is 0 Å². The molecule has 0 radical (unpaired) electrons. The summed E-state index contributed by atoms with van der Waals surface area (Å²) in [4.78, 5) is 25.0. The van der Waals surface area contributed by atoms with Gasteiger partial charge in [0.15, 0.2) is 0 Å². The van der Waals surface area contributed by atoms with Gasteiger partial charge in [-0.05, 0) is 59.7 Å². The number of aromatic amines is 2. The predicted octanol–water partition coefficient (Wildman–Crippen LogP) is 7.24. The van der Waals surface area contributed by atoms with E-state index in [0.29, 0.717) is 34.0 Å². The van der Waals surface area contributed by atoms with Gasteiger partial charge in [-0.1, -0.05) is 30.3 Å². The lowest BCUT2D eigenvalue weighted by Gasteiger charge is -2.07. The van der Waals surface area contributed by atoms with Crippen molar-refractivity contribution in [3.63, 3.8) is 0 Å². The van der Waals surface area contributed by atoms with Crippen LogP contribution in [0.15, 0.2) is 104 Å². The monoisotopic (exact) mass is 554 g/mol. The first-order chi connectivity index (χ1) is 20.6. The van der Waals surface area contributed by atoms with Crippen molar-refractivity contribution < 1.29 is 13.9 Å². The summed E-state index contributed by atoms with van der Waals surface area (Å²) in [7, 11) is 1.52. The molecule has 3 N–H and O–H groups in total. The van der Waals surface area contributed by atoms with Crippen molar-refractivity contribution in [1.82, 2.24) is 25.1 Å². The van der Waals surface area contributed by atoms with Gasteiger partial charge in [-0.25, -0.2) is 4.39 Å². The molecule has 0 aliphatic heterocycles. The maximum Gasteiger partial charge on any atom is 0.255 e. The summed E-state index contributed by atoms with van der Waals surface area (Å²) in [5.41, 5.74) is 7.30. The Balaban J connectivity index is 1.25. The van der Waals surface area contributed by atoms with Gasteiger partial charge in [0.1, 0.15) is 17.3 Å². The number of ether oxygens (including phenoxy) is 1. The van der Waals surface area contributed by atoms with Crippen molar-refractivity contribution in [2.24, 2.45) is 0 Å². The first kappa shape index (κ1) is 25.2. The zero-order valence-electron chi connectivity index (χ0n) is 22.4. The van der Waals surface area contributed by atoms with Gasteiger partial charge in [0.2, 0.25) is 0 Å². The van der Waals surface area contributed by atoms with Crippen molar-refractivity contribution >= 4 is 33.4 Å². The molecular formula is C33H23FN6O2. The number of fused-ring (bicyclic) bond motifs is 2. The van der Waals surface area contributed by atoms with E-state index in [1.165, 1.54) is 19.2 Å². The lowest BCUT2D eigenvalue weighted by molar-refractivity contribution is 0.102. The molecule has 0 aliphatic carbocycles. The molecule has 0 unspecified atom stereocenters. The molecule has 0 bridgehead atoms. The Hall–Kier alpha value is -5.83. The predicted molar refractivity (Wildman–Crippen MR) is 161 cm³/mol. The molecule has 3 aromatic carbocycles. The van der Waals surface area contributed by atoms with Gasteiger partial charge in [0.25, 0.3) is 5.91 Å². The molecule has 7 rings (SSSR count). The van der Waals surface area contributed by atoms with Crippen LogP contribution in [0.25, 0.3) is 55.6 Å². The number of methoxy groups -OCH3 is 1. The van der Waals surface area contributed by atoms with E-state index in [-0.39, 0.29) is 11.7 Å². The molecule has 4 aromatic heterocycles. The number of benzene rings is 3. The molecule has 0 saturated carbocycles. The van der Waals surface area contributed by atoms with Crippen LogP contribution in [0.1, 0.15) is 10.4 Å². The number of H-pyrrole nitrogens is 2. The number of nitrogens with zero attached hydrogens (tertiary/aromatic N) is 3. The summed E-state index contributed by atoms with van der Waals surface area (Å²) in [5, 5.41) is 12.3. The van der Waals surface area contributed by atoms with Crippen LogP contribution in [0.4, 0.5) is 10.1 Å². The van der Waals surface area contributed by atoms with Crippen LogP contribution in [0.3, 0.4) is 0 Å². The van der Waals surface area contributed by atoms with Crippen molar-refractivity contribution in [3.8, 4) is 39.5 Å². The zero-order chi connectivity index (χ0) is 28.6. The summed E-state index contributed by atoms with van der Waals surface area (Å²) < 4.78 is 19.6. The average molecular weight is 555 g/mol. The van der Waals surface area contributed by atoms with Crippen LogP contribution in [0.5, 0.6) is 5.75 Å². The maximum absolute atomic E-state index is 14.3. The number of hydrogen-bond donors (Lipinski definition) is 3. The minimum atomic E-state index is -0.367. The van der Waals surface area contributed by atoms with Crippen LogP contribution in [-0.4, -0.2) is 38.2 Å². The second-order valence-corrected chi connectivity index (χ2v) is 9.80. The Labute approximate surface area is 239 Å². The molecule has 0 aliphatic rings. The highest BCUT2D eigenvalue weighted by Crippen LogP contribution is 2.36. The molecule has 204 valence electrons. The van der Waals surface area contributed by atoms with Crippen LogP contribution in [0.2, 0.25) is 0 Å². The third kappa shape index (κ3) is 4.62. The maximum atomic E-state index is 14.3. The smallest absolute Gasteiger partial charge is 0.255 e. The lowest BCUT2D eigenvalue weighted by atomic mass is 10.0. The van der Waals surface area contributed by atoms with E-state index in [2.05, 4.69) is 30.5 Å². The molecule has 0 spiro atoms. The number of rotatable bonds is 6. The number of carbonyl (C=O) groups excluding carboxylic acids is 1. The molecule has 0 atom stereocenters. The van der Waals surface area contributed by atoms with Gasteiger partial charge >= 0.3 is 0 Å². The largest absolute Gasteiger partial charge is 0.497 e. The third-order valence-corrected chi connectivity index (χ3v) is 7.11. The van der Waals surface area contributed by atoms with Crippen LogP contribution < -0.4 is 10.1 Å². The molecular weight excluding hydrogens is 531 g/mol. The SMILES string of the molecule is COc1cc(F)cc(-c2cccc3[nH]c(-c4n[nH]c5cnc(-c6cncc(NC(=O)c7ccccc7)c6)cc45)cc23)c1. The molecule has 0 fully saturated rings. The van der Waals surface area contributed by atoms with Crippen LogP contribution >= 0.6 is 0 Å². The Morgan fingerprint density at radius 1 is 0.857 bits per heavy atom. The fourth-order valence-electron chi connectivity index (χ4n) is 5.09. The molecule has 4 heterocycles. The zero-order valence-corrected chi connectivity index (χ0v) is 22.4. The standard InChI is InChI=1S/C33H23FN6O2/c1-42-24-12-20(10-22(34)13-24)25-8-5-9-28-26(25)14-30(38-28)32-27-15-29(36-18-31(27)39-40-32)21-11-23(17-35-16-21)37-33(41)19-6-3-2-4-7-19/h2-18,38H,1H3,(H,37,41)(H,39,40). The second kappa shape index (κ2) is 10.3. The summed E-state index contributed by atoms with van der Waals surface area (Å²) in [6, 6.07) is 25.3. The minimum Gasteiger partial charge on any atom is -0.497 e. The molecule has 0 saturated heterocycles. The number of amides is 1. The van der Waals surface area contributed by atoms with E-state index in [0.717, 1.165) is 38.6 Å². The highest BCUT2D eigenvalue weighted by molar-refractivity contribution is 6.04. The van der Waals surface area contributed by atoms with Gasteiger partial charge in [-0.2, -0.15) is 5.10 Å². The van der Waals surface area contributed by atoms with E-state index < -0.39 is 0 Å². The molecule has 9 heteroatoms. The van der Waals surface area contributed by atoms with Crippen LogP contribution in [-0.2, 0) is 0 Å². The Kier molecular flexibility index (Phi) is 6.16. The van der Waals surface area contributed by atoms with E-state index >= 15 is 0 Å². The normalized spacial score (nSPS) is 11.2. The van der Waals surface area contributed by atoms with Crippen LogP contribution in [0, 0.1) is 5.82 Å². The number of aromatic nitrogens is 5. The summed E-state index contributed by atoms with van der Waals surface area (Å²) in [5.74, 6) is -0.132. The molecule has 1 amide bonds. The topological polar surface area (TPSA) is 109 Å². The first-order valence-corrected chi connectivity index (χ1v) is 13.2. The van der Waals surface area contributed by atoms with E-state index in [4.69, 9.17) is 4.74 Å². The summed E-state index contributed by atoms with van der Waals surface area (Å²) in [6.07, 6.45) is 5.03. The number of halogens is 1. The van der Waals surface area contributed by atoms with Crippen molar-refractivity contribution in [2.75, 3.05) is 12.4 Å². The fraction of sp³-hybridized carbons (Fsp3) is 0.0303. The van der Waals surface area contributed by atoms with Crippen molar-refractivity contribution in [1.29, 1.82) is 0 Å². The third-order valence-electron chi connectivity index (χ3n) is 7.11. The first-order valence-electron chi connectivity index (χ1n) is 13.2. The van der Waals surface area contributed by atoms with Crippen molar-refractivity contribution in [2.45, 2.75) is 0 Å². The fourth-order valence-corrected chi connectivity index (χ4v) is 5.09. The Morgan fingerprint density at radius 3 is 2.60 bits per heavy atom. The number of hydrogen-bond acceptors (Lipinski definition) is 5.